The van der Waals surface area contributed by atoms with Crippen molar-refractivity contribution in [2.45, 2.75) is 78.7 Å². The van der Waals surface area contributed by atoms with Gasteiger partial charge in [-0.3, -0.25) is 0 Å². The first-order valence-corrected chi connectivity index (χ1v) is 8.18. The van der Waals surface area contributed by atoms with Crippen LogP contribution in [0.5, 0.6) is 0 Å². The Hall–Kier alpha value is -0.0400. The van der Waals surface area contributed by atoms with Crippen molar-refractivity contribution in [2.24, 2.45) is 23.2 Å². The zero-order valence-electron chi connectivity index (χ0n) is 13.0. The summed E-state index contributed by atoms with van der Waals surface area (Å²) in [6, 6.07) is 0.779. The van der Waals surface area contributed by atoms with E-state index in [0.717, 1.165) is 23.8 Å². The molecule has 1 N–H and O–H groups in total. The molecule has 4 atom stereocenters. The molecule has 0 bridgehead atoms. The zero-order chi connectivity index (χ0) is 13.2. The van der Waals surface area contributed by atoms with Crippen molar-refractivity contribution in [3.8, 4) is 0 Å². The molecule has 2 rings (SSSR count). The molecule has 0 radical (unpaired) electrons. The van der Waals surface area contributed by atoms with Crippen molar-refractivity contribution in [1.29, 1.82) is 0 Å². The third kappa shape index (κ3) is 4.26. The van der Waals surface area contributed by atoms with Gasteiger partial charge in [-0.1, -0.05) is 40.5 Å². The summed E-state index contributed by atoms with van der Waals surface area (Å²) in [5.74, 6) is 2.82. The highest BCUT2D eigenvalue weighted by atomic mass is 14.9. The van der Waals surface area contributed by atoms with Crippen LogP contribution in [0, 0.1) is 23.2 Å². The van der Waals surface area contributed by atoms with E-state index in [0.29, 0.717) is 5.41 Å². The summed E-state index contributed by atoms with van der Waals surface area (Å²) >= 11 is 0. The van der Waals surface area contributed by atoms with Gasteiger partial charge in [-0.05, 0) is 61.8 Å². The van der Waals surface area contributed by atoms with Crippen molar-refractivity contribution in [2.75, 3.05) is 6.54 Å². The maximum atomic E-state index is 3.90. The highest BCUT2D eigenvalue weighted by Crippen LogP contribution is 2.38. The molecule has 4 unspecified atom stereocenters. The Morgan fingerprint density at radius 3 is 2.44 bits per heavy atom. The molecule has 1 heteroatoms. The standard InChI is InChI=1S/C17H33N/c1-13-6-5-7-15(8-13)12-18-16-9-14(2)10-17(3,4)11-16/h13-16,18H,5-12H2,1-4H3. The van der Waals surface area contributed by atoms with E-state index in [9.17, 15) is 0 Å². The molecule has 1 nitrogen and oxygen atoms in total. The van der Waals surface area contributed by atoms with Crippen LogP contribution in [0.3, 0.4) is 0 Å². The molecule has 2 aliphatic carbocycles. The van der Waals surface area contributed by atoms with Crippen LogP contribution in [0.2, 0.25) is 0 Å². The fourth-order valence-corrected chi connectivity index (χ4v) is 4.58. The lowest BCUT2D eigenvalue weighted by atomic mass is 9.70. The lowest BCUT2D eigenvalue weighted by Gasteiger charge is -2.40. The van der Waals surface area contributed by atoms with E-state index in [1.165, 1.54) is 51.5 Å². The molecule has 18 heavy (non-hydrogen) atoms. The van der Waals surface area contributed by atoms with Gasteiger partial charge in [0.2, 0.25) is 0 Å². The van der Waals surface area contributed by atoms with E-state index < -0.39 is 0 Å². The highest BCUT2D eigenvalue weighted by molar-refractivity contribution is 4.87. The second-order valence-electron chi connectivity index (χ2n) is 8.16. The van der Waals surface area contributed by atoms with Gasteiger partial charge in [0.1, 0.15) is 0 Å². The third-order valence-electron chi connectivity index (χ3n) is 5.13. The van der Waals surface area contributed by atoms with Crippen LogP contribution >= 0.6 is 0 Å². The second-order valence-corrected chi connectivity index (χ2v) is 8.16. The molecule has 0 aliphatic heterocycles. The predicted octanol–water partition coefficient (Wildman–Crippen LogP) is 4.62. The molecular weight excluding hydrogens is 218 g/mol. The molecule has 0 saturated heterocycles. The Bertz CT molecular complexity index is 258. The molecular formula is C17H33N. The van der Waals surface area contributed by atoms with Crippen LogP contribution < -0.4 is 5.32 Å². The molecule has 0 spiro atoms. The number of rotatable bonds is 3. The zero-order valence-corrected chi connectivity index (χ0v) is 13.0. The fraction of sp³-hybridized carbons (Fsp3) is 1.00. The van der Waals surface area contributed by atoms with E-state index in [1.807, 2.05) is 0 Å². The molecule has 2 aliphatic rings. The first kappa shape index (κ1) is 14.4. The van der Waals surface area contributed by atoms with Crippen molar-refractivity contribution in [1.82, 2.24) is 5.32 Å². The Labute approximate surface area is 114 Å². The average Bonchev–Trinajstić information content (AvgIpc) is 2.24. The minimum atomic E-state index is 0.551. The SMILES string of the molecule is CC1CCCC(CNC2CC(C)CC(C)(C)C2)C1. The van der Waals surface area contributed by atoms with E-state index >= 15 is 0 Å². The first-order chi connectivity index (χ1) is 8.44. The molecule has 2 fully saturated rings. The van der Waals surface area contributed by atoms with Gasteiger partial charge in [-0.25, -0.2) is 0 Å². The fourth-order valence-electron chi connectivity index (χ4n) is 4.58. The van der Waals surface area contributed by atoms with E-state index in [2.05, 4.69) is 33.0 Å². The summed E-state index contributed by atoms with van der Waals surface area (Å²) in [5.41, 5.74) is 0.551. The number of hydrogen-bond donors (Lipinski definition) is 1. The maximum Gasteiger partial charge on any atom is 0.00748 e. The van der Waals surface area contributed by atoms with Gasteiger partial charge in [0.25, 0.3) is 0 Å². The van der Waals surface area contributed by atoms with Crippen LogP contribution in [0.15, 0.2) is 0 Å². The second kappa shape index (κ2) is 5.94. The minimum Gasteiger partial charge on any atom is -0.314 e. The smallest absolute Gasteiger partial charge is 0.00748 e. The number of hydrogen-bond acceptors (Lipinski definition) is 1. The third-order valence-corrected chi connectivity index (χ3v) is 5.13. The molecule has 0 aromatic rings. The minimum absolute atomic E-state index is 0.551. The van der Waals surface area contributed by atoms with Crippen LogP contribution in [0.25, 0.3) is 0 Å². The van der Waals surface area contributed by atoms with E-state index in [4.69, 9.17) is 0 Å². The lowest BCUT2D eigenvalue weighted by molar-refractivity contribution is 0.144. The van der Waals surface area contributed by atoms with Crippen molar-refractivity contribution >= 4 is 0 Å². The first-order valence-electron chi connectivity index (χ1n) is 8.18. The van der Waals surface area contributed by atoms with Gasteiger partial charge in [-0.2, -0.15) is 0 Å². The van der Waals surface area contributed by atoms with Crippen LogP contribution in [0.1, 0.15) is 72.6 Å². The number of nitrogens with one attached hydrogen (secondary N) is 1. The van der Waals surface area contributed by atoms with Crippen LogP contribution in [-0.4, -0.2) is 12.6 Å². The summed E-state index contributed by atoms with van der Waals surface area (Å²) < 4.78 is 0. The van der Waals surface area contributed by atoms with E-state index in [1.54, 1.807) is 0 Å². The summed E-state index contributed by atoms with van der Waals surface area (Å²) in [4.78, 5) is 0. The van der Waals surface area contributed by atoms with Crippen molar-refractivity contribution in [3.63, 3.8) is 0 Å². The van der Waals surface area contributed by atoms with Crippen molar-refractivity contribution in [3.05, 3.63) is 0 Å². The molecule has 106 valence electrons. The van der Waals surface area contributed by atoms with Gasteiger partial charge in [-0.15, -0.1) is 0 Å². The molecule has 0 heterocycles. The Morgan fingerprint density at radius 2 is 1.78 bits per heavy atom. The summed E-state index contributed by atoms with van der Waals surface area (Å²) in [6.45, 7) is 11.0. The quantitative estimate of drug-likeness (QED) is 0.772. The Balaban J connectivity index is 1.75. The molecule has 0 aromatic carbocycles. The lowest BCUT2D eigenvalue weighted by Crippen LogP contribution is -2.42. The summed E-state index contributed by atoms with van der Waals surface area (Å²) in [7, 11) is 0. The van der Waals surface area contributed by atoms with Gasteiger partial charge >= 0.3 is 0 Å². The van der Waals surface area contributed by atoms with Crippen LogP contribution in [0.4, 0.5) is 0 Å². The molecule has 0 amide bonds. The normalized spacial score (nSPS) is 40.7. The largest absolute Gasteiger partial charge is 0.314 e. The Morgan fingerprint density at radius 1 is 1.00 bits per heavy atom. The van der Waals surface area contributed by atoms with Gasteiger partial charge in [0.15, 0.2) is 0 Å². The average molecular weight is 251 g/mol. The topological polar surface area (TPSA) is 12.0 Å². The highest BCUT2D eigenvalue weighted by Gasteiger charge is 2.32. The monoisotopic (exact) mass is 251 g/mol. The molecule has 0 aromatic heterocycles. The van der Waals surface area contributed by atoms with Gasteiger partial charge in [0, 0.05) is 6.04 Å². The summed E-state index contributed by atoms with van der Waals surface area (Å²) in [6.07, 6.45) is 10.0. The Kier molecular flexibility index (Phi) is 4.75. The predicted molar refractivity (Wildman–Crippen MR) is 79.7 cm³/mol. The molecule has 2 saturated carbocycles. The maximum absolute atomic E-state index is 3.90. The van der Waals surface area contributed by atoms with Gasteiger partial charge in [0.05, 0.1) is 0 Å². The van der Waals surface area contributed by atoms with E-state index in [-0.39, 0.29) is 0 Å². The van der Waals surface area contributed by atoms with Gasteiger partial charge < -0.3 is 5.32 Å². The van der Waals surface area contributed by atoms with Crippen LogP contribution in [-0.2, 0) is 0 Å². The summed E-state index contributed by atoms with van der Waals surface area (Å²) in [5, 5.41) is 3.90. The van der Waals surface area contributed by atoms with Crippen molar-refractivity contribution < 1.29 is 0 Å².